The van der Waals surface area contributed by atoms with Gasteiger partial charge in [0.15, 0.2) is 0 Å². The van der Waals surface area contributed by atoms with E-state index in [2.05, 4.69) is 21.3 Å². The van der Waals surface area contributed by atoms with Crippen LogP contribution in [0.3, 0.4) is 0 Å². The Hall–Kier alpha value is -3.80. The zero-order valence-corrected chi connectivity index (χ0v) is 24.0. The molecule has 40 heavy (non-hydrogen) atoms. The van der Waals surface area contributed by atoms with Crippen molar-refractivity contribution in [2.45, 2.75) is 59.7 Å². The van der Waals surface area contributed by atoms with E-state index in [1.165, 1.54) is 11.8 Å². The molecule has 12 heteroatoms. The third-order valence-electron chi connectivity index (χ3n) is 6.43. The zero-order valence-electron chi connectivity index (χ0n) is 24.0. The van der Waals surface area contributed by atoms with Crippen LogP contribution in [0.15, 0.2) is 30.3 Å². The summed E-state index contributed by atoms with van der Waals surface area (Å²) in [5.41, 5.74) is -0.295. The molecule has 1 aliphatic heterocycles. The van der Waals surface area contributed by atoms with Gasteiger partial charge in [-0.25, -0.2) is 0 Å². The van der Waals surface area contributed by atoms with Crippen LogP contribution >= 0.6 is 0 Å². The Kier molecular flexibility index (Phi) is 11.8. The normalized spacial score (nSPS) is 15.8. The van der Waals surface area contributed by atoms with Crippen LogP contribution in [0.4, 0.5) is 0 Å². The van der Waals surface area contributed by atoms with Gasteiger partial charge in [0.2, 0.25) is 23.5 Å². The first-order chi connectivity index (χ1) is 18.7. The highest BCUT2D eigenvalue weighted by molar-refractivity contribution is 6.38. The van der Waals surface area contributed by atoms with Crippen LogP contribution in [0, 0.1) is 11.3 Å². The molecule has 0 spiro atoms. The SMILES string of the molecule is CC(NC(=O)[C@@H](NC(=O)c1ccccc1)C(C)(C)C)C(=O)N[C@H](C(=O)C(=O)NCC(=O)N1CCOCC1)C(C)C. The number of ether oxygens (including phenoxy) is 1. The fraction of sp³-hybridized carbons (Fsp3) is 0.571. The summed E-state index contributed by atoms with van der Waals surface area (Å²) in [6.45, 7) is 11.4. The van der Waals surface area contributed by atoms with E-state index in [4.69, 9.17) is 4.74 Å². The average Bonchev–Trinajstić information content (AvgIpc) is 2.92. The molecule has 1 saturated heterocycles. The minimum atomic E-state index is -1.18. The second kappa shape index (κ2) is 14.5. The number of nitrogens with zero attached hydrogens (tertiary/aromatic N) is 1. The van der Waals surface area contributed by atoms with Gasteiger partial charge >= 0.3 is 0 Å². The van der Waals surface area contributed by atoms with Crippen LogP contribution < -0.4 is 21.3 Å². The van der Waals surface area contributed by atoms with Crippen LogP contribution in [0.5, 0.6) is 0 Å². The zero-order chi connectivity index (χ0) is 30.0. The molecule has 4 N–H and O–H groups in total. The molecule has 0 saturated carbocycles. The molecule has 1 aromatic carbocycles. The summed E-state index contributed by atoms with van der Waals surface area (Å²) >= 11 is 0. The molecule has 12 nitrogen and oxygen atoms in total. The summed E-state index contributed by atoms with van der Waals surface area (Å²) in [6.07, 6.45) is 0. The number of ketones is 1. The predicted octanol–water partition coefficient (Wildman–Crippen LogP) is 0.0207. The van der Waals surface area contributed by atoms with E-state index in [0.29, 0.717) is 31.9 Å². The van der Waals surface area contributed by atoms with Gasteiger partial charge in [0.25, 0.3) is 11.8 Å². The van der Waals surface area contributed by atoms with Gasteiger partial charge in [0, 0.05) is 18.7 Å². The lowest BCUT2D eigenvalue weighted by Gasteiger charge is -2.31. The number of carbonyl (C=O) groups is 6. The number of amides is 5. The quantitative estimate of drug-likeness (QED) is 0.278. The summed E-state index contributed by atoms with van der Waals surface area (Å²) < 4.78 is 5.20. The number of nitrogens with one attached hydrogen (secondary N) is 4. The minimum absolute atomic E-state index is 0.335. The van der Waals surface area contributed by atoms with Gasteiger partial charge < -0.3 is 30.9 Å². The molecule has 1 fully saturated rings. The highest BCUT2D eigenvalue weighted by Crippen LogP contribution is 2.20. The van der Waals surface area contributed by atoms with Crippen molar-refractivity contribution in [2.24, 2.45) is 11.3 Å². The summed E-state index contributed by atoms with van der Waals surface area (Å²) in [4.78, 5) is 77.9. The maximum Gasteiger partial charge on any atom is 0.290 e. The second-order valence-corrected chi connectivity index (χ2v) is 11.1. The van der Waals surface area contributed by atoms with Crippen LogP contribution in [-0.2, 0) is 28.7 Å². The Morgan fingerprint density at radius 1 is 0.875 bits per heavy atom. The van der Waals surface area contributed by atoms with Crippen molar-refractivity contribution in [1.29, 1.82) is 0 Å². The molecule has 2 rings (SSSR count). The van der Waals surface area contributed by atoms with Gasteiger partial charge in [-0.05, 0) is 30.4 Å². The minimum Gasteiger partial charge on any atom is -0.378 e. The van der Waals surface area contributed by atoms with Crippen molar-refractivity contribution in [2.75, 3.05) is 32.8 Å². The van der Waals surface area contributed by atoms with Crippen molar-refractivity contribution in [3.8, 4) is 0 Å². The molecule has 5 amide bonds. The Morgan fingerprint density at radius 3 is 2.02 bits per heavy atom. The monoisotopic (exact) mass is 559 g/mol. The molecular formula is C28H41N5O7. The number of rotatable bonds is 11. The molecule has 1 unspecified atom stereocenters. The van der Waals surface area contributed by atoms with Gasteiger partial charge in [-0.1, -0.05) is 52.8 Å². The molecule has 220 valence electrons. The van der Waals surface area contributed by atoms with Crippen LogP contribution in [-0.4, -0.2) is 91.2 Å². The third-order valence-corrected chi connectivity index (χ3v) is 6.43. The Bertz CT molecular complexity index is 1080. The Morgan fingerprint density at radius 2 is 1.48 bits per heavy atom. The maximum absolute atomic E-state index is 13.1. The Balaban J connectivity index is 1.98. The lowest BCUT2D eigenvalue weighted by atomic mass is 9.85. The van der Waals surface area contributed by atoms with Gasteiger partial charge in [-0.15, -0.1) is 0 Å². The first-order valence-corrected chi connectivity index (χ1v) is 13.4. The molecule has 3 atom stereocenters. The second-order valence-electron chi connectivity index (χ2n) is 11.1. The van der Waals surface area contributed by atoms with E-state index in [1.807, 2.05) is 0 Å². The molecule has 0 aliphatic carbocycles. The van der Waals surface area contributed by atoms with Crippen molar-refractivity contribution >= 4 is 35.3 Å². The van der Waals surface area contributed by atoms with E-state index < -0.39 is 58.9 Å². The first kappa shape index (κ1) is 32.4. The lowest BCUT2D eigenvalue weighted by molar-refractivity contribution is -0.142. The largest absolute Gasteiger partial charge is 0.378 e. The van der Waals surface area contributed by atoms with Crippen LogP contribution in [0.25, 0.3) is 0 Å². The summed E-state index contributed by atoms with van der Waals surface area (Å²) in [6, 6.07) is 5.22. The fourth-order valence-corrected chi connectivity index (χ4v) is 3.96. The molecule has 0 radical (unpaired) electrons. The molecule has 1 aromatic rings. The highest BCUT2D eigenvalue weighted by atomic mass is 16.5. The first-order valence-electron chi connectivity index (χ1n) is 13.4. The van der Waals surface area contributed by atoms with E-state index in [0.717, 1.165) is 0 Å². The number of hydrogen-bond donors (Lipinski definition) is 4. The molecule has 0 bridgehead atoms. The predicted molar refractivity (Wildman–Crippen MR) is 147 cm³/mol. The van der Waals surface area contributed by atoms with E-state index in [1.54, 1.807) is 65.0 Å². The summed E-state index contributed by atoms with van der Waals surface area (Å²) in [7, 11) is 0. The van der Waals surface area contributed by atoms with E-state index in [-0.39, 0.29) is 12.5 Å². The summed E-state index contributed by atoms with van der Waals surface area (Å²) in [5, 5.41) is 10.2. The Labute approximate surface area is 234 Å². The molecular weight excluding hydrogens is 518 g/mol. The number of Topliss-reactive ketones (excluding diaryl/α,β-unsaturated/α-hetero) is 1. The van der Waals surface area contributed by atoms with Crippen LogP contribution in [0.2, 0.25) is 0 Å². The molecule has 0 aromatic heterocycles. The van der Waals surface area contributed by atoms with Crippen LogP contribution in [0.1, 0.15) is 51.9 Å². The summed E-state index contributed by atoms with van der Waals surface area (Å²) in [5.74, 6) is -4.37. The van der Waals surface area contributed by atoms with Crippen molar-refractivity contribution < 1.29 is 33.5 Å². The fourth-order valence-electron chi connectivity index (χ4n) is 3.96. The molecule has 1 heterocycles. The smallest absolute Gasteiger partial charge is 0.290 e. The number of carbonyl (C=O) groups excluding carboxylic acids is 6. The third kappa shape index (κ3) is 9.44. The standard InChI is InChI=1S/C28H41N5O7/c1-17(2)21(22(35)26(38)29-16-20(34)33-12-14-40-15-13-33)31-24(36)18(3)30-27(39)23(28(4,5)6)32-25(37)19-10-8-7-9-11-19/h7-11,17-18,21,23H,12-16H2,1-6H3,(H,29,38)(H,30,39)(H,31,36)(H,32,37)/t18?,21-,23+/m0/s1. The topological polar surface area (TPSA) is 163 Å². The maximum atomic E-state index is 13.1. The lowest BCUT2D eigenvalue weighted by Crippen LogP contribution is -2.59. The number of hydrogen-bond acceptors (Lipinski definition) is 7. The molecule has 1 aliphatic rings. The van der Waals surface area contributed by atoms with Gasteiger partial charge in [0.1, 0.15) is 12.1 Å². The van der Waals surface area contributed by atoms with Gasteiger partial charge in [0.05, 0.1) is 25.8 Å². The van der Waals surface area contributed by atoms with Gasteiger partial charge in [-0.3, -0.25) is 28.8 Å². The number of benzene rings is 1. The average molecular weight is 560 g/mol. The number of morpholine rings is 1. The highest BCUT2D eigenvalue weighted by Gasteiger charge is 2.36. The van der Waals surface area contributed by atoms with Crippen molar-refractivity contribution in [3.63, 3.8) is 0 Å². The van der Waals surface area contributed by atoms with Crippen molar-refractivity contribution in [3.05, 3.63) is 35.9 Å². The van der Waals surface area contributed by atoms with E-state index in [9.17, 15) is 28.8 Å². The van der Waals surface area contributed by atoms with E-state index >= 15 is 0 Å². The van der Waals surface area contributed by atoms with Crippen molar-refractivity contribution in [1.82, 2.24) is 26.2 Å². The van der Waals surface area contributed by atoms with Gasteiger partial charge in [-0.2, -0.15) is 0 Å².